The van der Waals surface area contributed by atoms with Crippen molar-refractivity contribution in [3.8, 4) is 5.75 Å². The maximum atomic E-state index is 12.7. The molecule has 4 rings (SSSR count). The Hall–Kier alpha value is -2.47. The van der Waals surface area contributed by atoms with Crippen molar-refractivity contribution < 1.29 is 9.53 Å². The van der Waals surface area contributed by atoms with Crippen LogP contribution in [-0.4, -0.2) is 59.5 Å². The van der Waals surface area contributed by atoms with Gasteiger partial charge in [-0.05, 0) is 57.1 Å². The van der Waals surface area contributed by atoms with E-state index in [0.717, 1.165) is 73.7 Å². The normalized spacial score (nSPS) is 17.8. The van der Waals surface area contributed by atoms with Crippen molar-refractivity contribution in [2.45, 2.75) is 44.6 Å². The molecule has 3 heterocycles. The van der Waals surface area contributed by atoms with Crippen molar-refractivity contribution in [1.29, 1.82) is 0 Å². The number of nitrogens with zero attached hydrogens (tertiary/aromatic N) is 4. The quantitative estimate of drug-likeness (QED) is 0.781. The number of benzene rings is 1. The van der Waals surface area contributed by atoms with Crippen LogP contribution in [0.1, 0.15) is 47.8 Å². The van der Waals surface area contributed by atoms with Gasteiger partial charge in [-0.15, -0.1) is 0 Å². The molecule has 2 aromatic rings. The summed E-state index contributed by atoms with van der Waals surface area (Å²) in [6.07, 6.45) is 6.31. The van der Waals surface area contributed by atoms with E-state index >= 15 is 0 Å². The minimum atomic E-state index is 0.200. The Bertz CT molecular complexity index is 844. The topological polar surface area (TPSA) is 58.6 Å². The van der Waals surface area contributed by atoms with Gasteiger partial charge >= 0.3 is 0 Å². The van der Waals surface area contributed by atoms with Crippen LogP contribution in [0.2, 0.25) is 0 Å². The highest BCUT2D eigenvalue weighted by Crippen LogP contribution is 2.27. The van der Waals surface area contributed by atoms with Gasteiger partial charge in [0.25, 0.3) is 0 Å². The fourth-order valence-electron chi connectivity index (χ4n) is 4.21. The second-order valence-electron chi connectivity index (χ2n) is 8.19. The molecule has 29 heavy (non-hydrogen) atoms. The lowest BCUT2D eigenvalue weighted by Gasteiger charge is -2.30. The van der Waals surface area contributed by atoms with E-state index in [4.69, 9.17) is 9.72 Å². The zero-order valence-electron chi connectivity index (χ0n) is 17.4. The summed E-state index contributed by atoms with van der Waals surface area (Å²) in [6.45, 7) is 3.60. The summed E-state index contributed by atoms with van der Waals surface area (Å²) in [5, 5.41) is 0. The molecule has 0 saturated carbocycles. The number of carbonyl (C=O) groups is 1. The predicted molar refractivity (Wildman–Crippen MR) is 112 cm³/mol. The fraction of sp³-hybridized carbons (Fsp3) is 0.522. The average Bonchev–Trinajstić information content (AvgIpc) is 2.77. The van der Waals surface area contributed by atoms with Crippen LogP contribution < -0.4 is 4.74 Å². The number of likely N-dealkylation sites (tertiary alicyclic amines) is 1. The monoisotopic (exact) mass is 394 g/mol. The summed E-state index contributed by atoms with van der Waals surface area (Å²) in [5.74, 6) is 2.51. The zero-order chi connectivity index (χ0) is 20.2. The van der Waals surface area contributed by atoms with E-state index in [1.165, 1.54) is 0 Å². The van der Waals surface area contributed by atoms with E-state index in [2.05, 4.69) is 16.9 Å². The Labute approximate surface area is 172 Å². The molecular formula is C23H30N4O2. The summed E-state index contributed by atoms with van der Waals surface area (Å²) in [4.78, 5) is 26.6. The van der Waals surface area contributed by atoms with E-state index in [-0.39, 0.29) is 5.91 Å². The standard InChI is InChI=1S/C23H30N4O2/c1-26-12-9-18(10-13-26)23-24-15-19-16-27(14-11-21(19)25-23)22(28)8-5-17-3-6-20(29-2)7-4-17/h3-4,6-7,15,18H,5,8-14,16H2,1-2H3. The molecule has 154 valence electrons. The molecule has 0 spiro atoms. The van der Waals surface area contributed by atoms with E-state index in [9.17, 15) is 4.79 Å². The Morgan fingerprint density at radius 2 is 1.93 bits per heavy atom. The van der Waals surface area contributed by atoms with Gasteiger partial charge in [0.05, 0.1) is 12.8 Å². The number of piperidine rings is 1. The smallest absolute Gasteiger partial charge is 0.223 e. The van der Waals surface area contributed by atoms with Gasteiger partial charge < -0.3 is 14.5 Å². The van der Waals surface area contributed by atoms with E-state index < -0.39 is 0 Å². The summed E-state index contributed by atoms with van der Waals surface area (Å²) in [5.41, 5.74) is 3.39. The summed E-state index contributed by atoms with van der Waals surface area (Å²) < 4.78 is 5.19. The maximum Gasteiger partial charge on any atom is 0.223 e. The van der Waals surface area contributed by atoms with Crippen LogP contribution in [0.5, 0.6) is 5.75 Å². The van der Waals surface area contributed by atoms with Crippen molar-refractivity contribution in [3.63, 3.8) is 0 Å². The van der Waals surface area contributed by atoms with Crippen molar-refractivity contribution in [1.82, 2.24) is 19.8 Å². The van der Waals surface area contributed by atoms with Gasteiger partial charge in [-0.3, -0.25) is 4.79 Å². The van der Waals surface area contributed by atoms with Gasteiger partial charge in [0.15, 0.2) is 0 Å². The van der Waals surface area contributed by atoms with Crippen molar-refractivity contribution in [2.75, 3.05) is 33.8 Å². The van der Waals surface area contributed by atoms with Crippen LogP contribution in [0.4, 0.5) is 0 Å². The van der Waals surface area contributed by atoms with Gasteiger partial charge in [0, 0.05) is 43.6 Å². The minimum absolute atomic E-state index is 0.200. The second kappa shape index (κ2) is 8.91. The maximum absolute atomic E-state index is 12.7. The van der Waals surface area contributed by atoms with Crippen LogP contribution in [0.3, 0.4) is 0 Å². The summed E-state index contributed by atoms with van der Waals surface area (Å²) in [6, 6.07) is 7.93. The van der Waals surface area contributed by atoms with Gasteiger partial charge in [0.2, 0.25) is 5.91 Å². The number of hydrogen-bond acceptors (Lipinski definition) is 5. The minimum Gasteiger partial charge on any atom is -0.497 e. The van der Waals surface area contributed by atoms with E-state index in [1.807, 2.05) is 35.4 Å². The highest BCUT2D eigenvalue weighted by atomic mass is 16.5. The number of aromatic nitrogens is 2. The Kier molecular flexibility index (Phi) is 6.09. The number of hydrogen-bond donors (Lipinski definition) is 0. The van der Waals surface area contributed by atoms with Gasteiger partial charge in [-0.2, -0.15) is 0 Å². The lowest BCUT2D eigenvalue weighted by Crippen LogP contribution is -2.37. The number of methoxy groups -OCH3 is 1. The summed E-state index contributed by atoms with van der Waals surface area (Å²) >= 11 is 0. The highest BCUT2D eigenvalue weighted by molar-refractivity contribution is 5.76. The first-order chi connectivity index (χ1) is 14.1. The molecule has 1 aromatic heterocycles. The molecular weight excluding hydrogens is 364 g/mol. The van der Waals surface area contributed by atoms with Crippen LogP contribution in [0.25, 0.3) is 0 Å². The SMILES string of the molecule is COc1ccc(CCC(=O)N2CCc3nc(C4CCN(C)CC4)ncc3C2)cc1. The average molecular weight is 395 g/mol. The summed E-state index contributed by atoms with van der Waals surface area (Å²) in [7, 11) is 3.83. The fourth-order valence-corrected chi connectivity index (χ4v) is 4.21. The van der Waals surface area contributed by atoms with Crippen LogP contribution in [0, 0.1) is 0 Å². The molecule has 2 aliphatic heterocycles. The largest absolute Gasteiger partial charge is 0.497 e. The first-order valence-electron chi connectivity index (χ1n) is 10.6. The third-order valence-corrected chi connectivity index (χ3v) is 6.18. The number of amides is 1. The molecule has 0 atom stereocenters. The molecule has 0 aliphatic carbocycles. The van der Waals surface area contributed by atoms with Gasteiger partial charge in [-0.25, -0.2) is 9.97 Å². The third-order valence-electron chi connectivity index (χ3n) is 6.18. The van der Waals surface area contributed by atoms with Crippen LogP contribution in [-0.2, 0) is 24.2 Å². The molecule has 6 heteroatoms. The van der Waals surface area contributed by atoms with E-state index in [1.54, 1.807) is 7.11 Å². The van der Waals surface area contributed by atoms with Crippen molar-refractivity contribution in [2.24, 2.45) is 0 Å². The number of ether oxygens (including phenoxy) is 1. The number of aryl methyl sites for hydroxylation is 1. The van der Waals surface area contributed by atoms with Crippen LogP contribution in [0.15, 0.2) is 30.5 Å². The molecule has 0 unspecified atom stereocenters. The number of carbonyl (C=O) groups excluding carboxylic acids is 1. The Morgan fingerprint density at radius 1 is 1.17 bits per heavy atom. The molecule has 6 nitrogen and oxygen atoms in total. The molecule has 0 bridgehead atoms. The van der Waals surface area contributed by atoms with E-state index in [0.29, 0.717) is 18.9 Å². The number of rotatable bonds is 5. The van der Waals surface area contributed by atoms with Crippen molar-refractivity contribution in [3.05, 3.63) is 53.1 Å². The Morgan fingerprint density at radius 3 is 2.66 bits per heavy atom. The Balaban J connectivity index is 1.33. The molecule has 1 saturated heterocycles. The lowest BCUT2D eigenvalue weighted by molar-refractivity contribution is -0.132. The third kappa shape index (κ3) is 4.75. The molecule has 0 radical (unpaired) electrons. The molecule has 1 fully saturated rings. The predicted octanol–water partition coefficient (Wildman–Crippen LogP) is 2.81. The van der Waals surface area contributed by atoms with Crippen LogP contribution >= 0.6 is 0 Å². The molecule has 1 amide bonds. The van der Waals surface area contributed by atoms with Crippen molar-refractivity contribution >= 4 is 5.91 Å². The number of fused-ring (bicyclic) bond motifs is 1. The molecule has 1 aromatic carbocycles. The lowest BCUT2D eigenvalue weighted by atomic mass is 9.95. The second-order valence-corrected chi connectivity index (χ2v) is 8.19. The first kappa shape index (κ1) is 19.8. The molecule has 0 N–H and O–H groups in total. The molecule has 2 aliphatic rings. The van der Waals surface area contributed by atoms with Gasteiger partial charge in [0.1, 0.15) is 11.6 Å². The highest BCUT2D eigenvalue weighted by Gasteiger charge is 2.25. The zero-order valence-corrected chi connectivity index (χ0v) is 17.4. The first-order valence-corrected chi connectivity index (χ1v) is 10.6. The van der Waals surface area contributed by atoms with Gasteiger partial charge in [-0.1, -0.05) is 12.1 Å².